The van der Waals surface area contributed by atoms with E-state index >= 15 is 0 Å². The summed E-state index contributed by atoms with van der Waals surface area (Å²) in [7, 11) is 0. The molecule has 0 aliphatic carbocycles. The minimum Gasteiger partial charge on any atom is -0.323 e. The van der Waals surface area contributed by atoms with Crippen LogP contribution in [0.2, 0.25) is 0 Å². The molecule has 1 aromatic rings. The molecule has 0 spiro atoms. The van der Waals surface area contributed by atoms with Crippen molar-refractivity contribution < 1.29 is 13.6 Å². The van der Waals surface area contributed by atoms with Crippen molar-refractivity contribution in [1.29, 1.82) is 0 Å². The van der Waals surface area contributed by atoms with E-state index in [0.717, 1.165) is 6.07 Å². The topological polar surface area (TPSA) is 29.1 Å². The van der Waals surface area contributed by atoms with Crippen molar-refractivity contribution in [2.75, 3.05) is 11.1 Å². The van der Waals surface area contributed by atoms with Crippen LogP contribution in [0.4, 0.5) is 14.5 Å². The Morgan fingerprint density at radius 2 is 2.14 bits per heavy atom. The van der Waals surface area contributed by atoms with Gasteiger partial charge >= 0.3 is 0 Å². The van der Waals surface area contributed by atoms with Gasteiger partial charge in [0, 0.05) is 6.42 Å². The summed E-state index contributed by atoms with van der Waals surface area (Å²) < 4.78 is 25.7. The number of anilines is 1. The van der Waals surface area contributed by atoms with Gasteiger partial charge in [-0.25, -0.2) is 8.78 Å². The third-order valence-corrected chi connectivity index (χ3v) is 1.79. The van der Waals surface area contributed by atoms with Crippen molar-refractivity contribution in [1.82, 2.24) is 0 Å². The summed E-state index contributed by atoms with van der Waals surface area (Å²) in [5, 5.41) is 2.25. The fraction of sp³-hybridized carbons (Fsp3) is 0.222. The molecule has 1 aromatic carbocycles. The zero-order valence-electron chi connectivity index (χ0n) is 7.26. The lowest BCUT2D eigenvalue weighted by atomic mass is 10.3. The first-order valence-electron chi connectivity index (χ1n) is 4.00. The predicted molar refractivity (Wildman–Crippen MR) is 53.5 cm³/mol. The molecule has 0 saturated heterocycles. The molecule has 2 nitrogen and oxygen atoms in total. The zero-order valence-corrected chi connectivity index (χ0v) is 8.15. The zero-order chi connectivity index (χ0) is 10.6. The minimum absolute atomic E-state index is 0.142. The van der Waals surface area contributed by atoms with Crippen LogP contribution in [0, 0.1) is 11.6 Å². The summed E-state index contributed by atoms with van der Waals surface area (Å²) in [4.78, 5) is 11.0. The first kappa shape index (κ1) is 11.0. The maximum Gasteiger partial charge on any atom is 0.225 e. The van der Waals surface area contributed by atoms with Crippen molar-refractivity contribution in [2.45, 2.75) is 6.42 Å². The molecule has 76 valence electrons. The number of halogens is 2. The van der Waals surface area contributed by atoms with Gasteiger partial charge in [-0.1, -0.05) is 6.07 Å². The van der Waals surface area contributed by atoms with Crippen LogP contribution in [-0.2, 0) is 4.79 Å². The van der Waals surface area contributed by atoms with E-state index in [1.165, 1.54) is 12.1 Å². The number of hydrogen-bond donors (Lipinski definition) is 2. The van der Waals surface area contributed by atoms with E-state index in [9.17, 15) is 13.6 Å². The van der Waals surface area contributed by atoms with E-state index in [1.54, 1.807) is 0 Å². The van der Waals surface area contributed by atoms with Gasteiger partial charge in [0.15, 0.2) is 11.6 Å². The Hall–Kier alpha value is -1.10. The van der Waals surface area contributed by atoms with E-state index < -0.39 is 11.6 Å². The fourth-order valence-electron chi connectivity index (χ4n) is 0.915. The molecule has 1 rings (SSSR count). The number of amides is 1. The molecule has 0 unspecified atom stereocenters. The van der Waals surface area contributed by atoms with Crippen molar-refractivity contribution in [3.63, 3.8) is 0 Å². The van der Waals surface area contributed by atoms with Crippen LogP contribution >= 0.6 is 12.6 Å². The van der Waals surface area contributed by atoms with Gasteiger partial charge in [-0.05, 0) is 17.9 Å². The standard InChI is InChI=1S/C9H9F2NOS/c10-6-2-1-3-7(9(6)11)12-8(13)4-5-14/h1-3,14H,4-5H2,(H,12,13). The van der Waals surface area contributed by atoms with Gasteiger partial charge in [0.25, 0.3) is 0 Å². The summed E-state index contributed by atoms with van der Waals surface area (Å²) in [6.07, 6.45) is 0.166. The van der Waals surface area contributed by atoms with Gasteiger partial charge in [0.2, 0.25) is 5.91 Å². The highest BCUT2D eigenvalue weighted by molar-refractivity contribution is 7.80. The summed E-state index contributed by atoms with van der Waals surface area (Å²) in [6, 6.07) is 3.62. The SMILES string of the molecule is O=C(CCS)Nc1cccc(F)c1F. The number of rotatable bonds is 3. The maximum absolute atomic E-state index is 13.0. The van der Waals surface area contributed by atoms with Crippen LogP contribution in [0.5, 0.6) is 0 Å². The third-order valence-electron chi connectivity index (χ3n) is 1.56. The number of carbonyl (C=O) groups is 1. The molecule has 1 amide bonds. The first-order valence-corrected chi connectivity index (χ1v) is 4.63. The molecule has 0 bridgehead atoms. The second kappa shape index (κ2) is 4.95. The van der Waals surface area contributed by atoms with Gasteiger partial charge in [-0.2, -0.15) is 12.6 Å². The molecule has 0 heterocycles. The highest BCUT2D eigenvalue weighted by Gasteiger charge is 2.09. The monoisotopic (exact) mass is 217 g/mol. The lowest BCUT2D eigenvalue weighted by Gasteiger charge is -2.05. The van der Waals surface area contributed by atoms with E-state index in [0.29, 0.717) is 5.75 Å². The fourth-order valence-corrected chi connectivity index (χ4v) is 1.12. The molecule has 0 saturated carbocycles. The number of nitrogens with one attached hydrogen (secondary N) is 1. The number of benzene rings is 1. The second-order valence-electron chi connectivity index (χ2n) is 2.62. The Balaban J connectivity index is 2.76. The molecule has 0 aromatic heterocycles. The van der Waals surface area contributed by atoms with Crippen molar-refractivity contribution in [2.24, 2.45) is 0 Å². The molecular weight excluding hydrogens is 208 g/mol. The average molecular weight is 217 g/mol. The second-order valence-corrected chi connectivity index (χ2v) is 3.07. The van der Waals surface area contributed by atoms with Gasteiger partial charge in [0.05, 0.1) is 5.69 Å². The highest BCUT2D eigenvalue weighted by atomic mass is 32.1. The van der Waals surface area contributed by atoms with Crippen molar-refractivity contribution in [3.8, 4) is 0 Å². The molecule has 0 aliphatic heterocycles. The summed E-state index contributed by atoms with van der Waals surface area (Å²) in [5.41, 5.74) is -0.142. The largest absolute Gasteiger partial charge is 0.323 e. The van der Waals surface area contributed by atoms with Crippen molar-refractivity contribution in [3.05, 3.63) is 29.8 Å². The quantitative estimate of drug-likeness (QED) is 0.747. The average Bonchev–Trinajstić information content (AvgIpc) is 2.13. The summed E-state index contributed by atoms with van der Waals surface area (Å²) in [6.45, 7) is 0. The van der Waals surface area contributed by atoms with Crippen LogP contribution in [0.1, 0.15) is 6.42 Å². The first-order chi connectivity index (χ1) is 6.65. The number of thiol groups is 1. The molecule has 0 radical (unpaired) electrons. The molecule has 0 fully saturated rings. The van der Waals surface area contributed by atoms with E-state index in [4.69, 9.17) is 0 Å². The molecule has 0 atom stereocenters. The van der Waals surface area contributed by atoms with E-state index in [-0.39, 0.29) is 18.0 Å². The molecule has 14 heavy (non-hydrogen) atoms. The van der Waals surface area contributed by atoms with E-state index in [1.807, 2.05) is 0 Å². The Kier molecular flexibility index (Phi) is 3.88. The number of hydrogen-bond acceptors (Lipinski definition) is 2. The van der Waals surface area contributed by atoms with Gasteiger partial charge in [-0.15, -0.1) is 0 Å². The molecule has 5 heteroatoms. The normalized spacial score (nSPS) is 9.93. The summed E-state index contributed by atoms with van der Waals surface area (Å²) >= 11 is 3.84. The van der Waals surface area contributed by atoms with Gasteiger partial charge in [-0.3, -0.25) is 4.79 Å². The lowest BCUT2D eigenvalue weighted by Crippen LogP contribution is -2.13. The Morgan fingerprint density at radius 1 is 1.43 bits per heavy atom. The van der Waals surface area contributed by atoms with Gasteiger partial charge < -0.3 is 5.32 Å². The van der Waals surface area contributed by atoms with E-state index in [2.05, 4.69) is 17.9 Å². The molecular formula is C9H9F2NOS. The van der Waals surface area contributed by atoms with Gasteiger partial charge in [0.1, 0.15) is 0 Å². The van der Waals surface area contributed by atoms with Crippen LogP contribution < -0.4 is 5.32 Å². The Morgan fingerprint density at radius 3 is 2.79 bits per heavy atom. The smallest absolute Gasteiger partial charge is 0.225 e. The summed E-state index contributed by atoms with van der Waals surface area (Å²) in [5.74, 6) is -2.04. The minimum atomic E-state index is -1.04. The molecule has 0 aliphatic rings. The van der Waals surface area contributed by atoms with Crippen LogP contribution in [-0.4, -0.2) is 11.7 Å². The van der Waals surface area contributed by atoms with Crippen LogP contribution in [0.15, 0.2) is 18.2 Å². The Labute approximate surface area is 85.7 Å². The van der Waals surface area contributed by atoms with Crippen molar-refractivity contribution >= 4 is 24.2 Å². The predicted octanol–water partition coefficient (Wildman–Crippen LogP) is 2.22. The Bertz CT molecular complexity index is 344. The number of carbonyl (C=O) groups excluding carboxylic acids is 1. The third kappa shape index (κ3) is 2.70. The van der Waals surface area contributed by atoms with Crippen LogP contribution in [0.25, 0.3) is 0 Å². The lowest BCUT2D eigenvalue weighted by molar-refractivity contribution is -0.115. The maximum atomic E-state index is 13.0. The highest BCUT2D eigenvalue weighted by Crippen LogP contribution is 2.16. The molecule has 1 N–H and O–H groups in total. The van der Waals surface area contributed by atoms with Crippen LogP contribution in [0.3, 0.4) is 0 Å².